The monoisotopic (exact) mass is 252 g/mol. The van der Waals surface area contributed by atoms with Crippen molar-refractivity contribution in [1.82, 2.24) is 0 Å². The highest BCUT2D eigenvalue weighted by molar-refractivity contribution is 5.94. The van der Waals surface area contributed by atoms with E-state index in [0.29, 0.717) is 12.4 Å². The van der Waals surface area contributed by atoms with Crippen molar-refractivity contribution in [2.45, 2.75) is 38.9 Å². The summed E-state index contributed by atoms with van der Waals surface area (Å²) >= 11 is 0. The molecule has 0 aliphatic carbocycles. The molecule has 3 nitrogen and oxygen atoms in total. The van der Waals surface area contributed by atoms with E-state index < -0.39 is 5.82 Å². The Labute approximate surface area is 106 Å². The first-order valence-corrected chi connectivity index (χ1v) is 6.15. The van der Waals surface area contributed by atoms with Crippen LogP contribution < -0.4 is 4.74 Å². The zero-order chi connectivity index (χ0) is 13.1. The van der Waals surface area contributed by atoms with Crippen LogP contribution in [0, 0.1) is 5.82 Å². The molecule has 2 unspecified atom stereocenters. The zero-order valence-electron chi connectivity index (χ0n) is 10.6. The highest BCUT2D eigenvalue weighted by atomic mass is 19.1. The molecule has 18 heavy (non-hydrogen) atoms. The maximum absolute atomic E-state index is 13.5. The summed E-state index contributed by atoms with van der Waals surface area (Å²) in [6.07, 6.45) is 2.35. The number of carbonyl (C=O) groups excluding carboxylic acids is 1. The first-order chi connectivity index (χ1) is 8.56. The highest BCUT2D eigenvalue weighted by Gasteiger charge is 2.22. The molecular weight excluding hydrogens is 235 g/mol. The Balaban J connectivity index is 1.94. The van der Waals surface area contributed by atoms with E-state index in [4.69, 9.17) is 9.47 Å². The molecule has 0 amide bonds. The second-order valence-corrected chi connectivity index (χ2v) is 4.65. The van der Waals surface area contributed by atoms with Gasteiger partial charge in [-0.3, -0.25) is 4.79 Å². The van der Waals surface area contributed by atoms with E-state index in [1.165, 1.54) is 19.1 Å². The van der Waals surface area contributed by atoms with Gasteiger partial charge in [0, 0.05) is 6.07 Å². The number of rotatable bonds is 4. The van der Waals surface area contributed by atoms with Gasteiger partial charge in [0.05, 0.1) is 17.8 Å². The smallest absolute Gasteiger partial charge is 0.162 e. The third-order valence-electron chi connectivity index (χ3n) is 3.08. The lowest BCUT2D eigenvalue weighted by Gasteiger charge is -2.13. The van der Waals surface area contributed by atoms with Crippen LogP contribution in [0.15, 0.2) is 18.2 Å². The molecule has 1 fully saturated rings. The van der Waals surface area contributed by atoms with Gasteiger partial charge >= 0.3 is 0 Å². The molecule has 98 valence electrons. The van der Waals surface area contributed by atoms with Crippen LogP contribution in [0.5, 0.6) is 5.75 Å². The number of ketones is 1. The van der Waals surface area contributed by atoms with E-state index in [0.717, 1.165) is 12.8 Å². The van der Waals surface area contributed by atoms with Gasteiger partial charge in [-0.1, -0.05) is 0 Å². The summed E-state index contributed by atoms with van der Waals surface area (Å²) in [6, 6.07) is 4.30. The van der Waals surface area contributed by atoms with Crippen molar-refractivity contribution in [3.05, 3.63) is 29.6 Å². The second kappa shape index (κ2) is 5.48. The molecule has 0 saturated carbocycles. The van der Waals surface area contributed by atoms with Crippen LogP contribution in [-0.4, -0.2) is 24.6 Å². The molecule has 2 rings (SSSR count). The van der Waals surface area contributed by atoms with Crippen molar-refractivity contribution in [3.63, 3.8) is 0 Å². The van der Waals surface area contributed by atoms with Crippen LogP contribution in [0.1, 0.15) is 37.0 Å². The topological polar surface area (TPSA) is 35.5 Å². The molecular formula is C14H17FO3. The number of carbonyl (C=O) groups is 1. The first-order valence-electron chi connectivity index (χ1n) is 6.15. The van der Waals surface area contributed by atoms with Crippen molar-refractivity contribution in [3.8, 4) is 5.75 Å². The highest BCUT2D eigenvalue weighted by Crippen LogP contribution is 2.22. The lowest BCUT2D eigenvalue weighted by molar-refractivity contribution is 0.0264. The Morgan fingerprint density at radius 1 is 1.50 bits per heavy atom. The average molecular weight is 252 g/mol. The van der Waals surface area contributed by atoms with Gasteiger partial charge in [0.1, 0.15) is 18.2 Å². The molecule has 0 N–H and O–H groups in total. The van der Waals surface area contributed by atoms with Crippen molar-refractivity contribution < 1.29 is 18.7 Å². The number of benzene rings is 1. The second-order valence-electron chi connectivity index (χ2n) is 4.65. The van der Waals surface area contributed by atoms with Gasteiger partial charge in [-0.2, -0.15) is 0 Å². The summed E-state index contributed by atoms with van der Waals surface area (Å²) in [5.41, 5.74) is 0.0908. The van der Waals surface area contributed by atoms with Gasteiger partial charge < -0.3 is 9.47 Å². The van der Waals surface area contributed by atoms with Gasteiger partial charge in [-0.05, 0) is 38.8 Å². The molecule has 2 atom stereocenters. The predicted molar refractivity (Wildman–Crippen MR) is 65.5 cm³/mol. The maximum Gasteiger partial charge on any atom is 0.162 e. The van der Waals surface area contributed by atoms with Crippen LogP contribution in [0.2, 0.25) is 0 Å². The quantitative estimate of drug-likeness (QED) is 0.773. The Morgan fingerprint density at radius 2 is 2.28 bits per heavy atom. The van der Waals surface area contributed by atoms with E-state index in [9.17, 15) is 9.18 Å². The number of hydrogen-bond donors (Lipinski definition) is 0. The molecule has 1 aliphatic heterocycles. The third kappa shape index (κ3) is 3.07. The Hall–Kier alpha value is -1.42. The normalized spacial score (nSPS) is 23.1. The fourth-order valence-corrected chi connectivity index (χ4v) is 2.07. The maximum atomic E-state index is 13.5. The molecule has 0 radical (unpaired) electrons. The number of hydrogen-bond acceptors (Lipinski definition) is 3. The van der Waals surface area contributed by atoms with Crippen LogP contribution >= 0.6 is 0 Å². The molecule has 1 aliphatic rings. The van der Waals surface area contributed by atoms with Crippen molar-refractivity contribution in [2.24, 2.45) is 0 Å². The summed E-state index contributed by atoms with van der Waals surface area (Å²) in [5.74, 6) is -0.395. The minimum Gasteiger partial charge on any atom is -0.491 e. The van der Waals surface area contributed by atoms with Gasteiger partial charge in [0.15, 0.2) is 5.78 Å². The lowest BCUT2D eigenvalue weighted by atomic mass is 10.1. The van der Waals surface area contributed by atoms with Crippen LogP contribution in [-0.2, 0) is 4.74 Å². The minimum atomic E-state index is -0.541. The first kappa shape index (κ1) is 13.0. The molecule has 1 aromatic carbocycles. The van der Waals surface area contributed by atoms with Crippen LogP contribution in [0.25, 0.3) is 0 Å². The molecule has 1 saturated heterocycles. The van der Waals surface area contributed by atoms with Crippen LogP contribution in [0.3, 0.4) is 0 Å². The van der Waals surface area contributed by atoms with Crippen molar-refractivity contribution >= 4 is 5.78 Å². The number of ether oxygens (including phenoxy) is 2. The largest absolute Gasteiger partial charge is 0.491 e. The molecule has 4 heteroatoms. The predicted octanol–water partition coefficient (Wildman–Crippen LogP) is 2.97. The van der Waals surface area contributed by atoms with E-state index >= 15 is 0 Å². The van der Waals surface area contributed by atoms with Gasteiger partial charge in [0.25, 0.3) is 0 Å². The third-order valence-corrected chi connectivity index (χ3v) is 3.08. The van der Waals surface area contributed by atoms with E-state index in [1.807, 2.05) is 6.92 Å². The van der Waals surface area contributed by atoms with Crippen LogP contribution in [0.4, 0.5) is 4.39 Å². The summed E-state index contributed by atoms with van der Waals surface area (Å²) in [7, 11) is 0. The molecule has 1 heterocycles. The Morgan fingerprint density at radius 3 is 2.83 bits per heavy atom. The summed E-state index contributed by atoms with van der Waals surface area (Å²) in [5, 5.41) is 0. The average Bonchev–Trinajstić information content (AvgIpc) is 2.72. The summed E-state index contributed by atoms with van der Waals surface area (Å²) in [4.78, 5) is 11.1. The molecule has 0 spiro atoms. The van der Waals surface area contributed by atoms with Crippen molar-refractivity contribution in [1.29, 1.82) is 0 Å². The Bertz CT molecular complexity index is 445. The minimum absolute atomic E-state index is 0.0792. The standard InChI is InChI=1S/C14H17FO3/c1-9-3-4-12(18-9)8-17-11-5-6-13(10(2)16)14(15)7-11/h5-7,9,12H,3-4,8H2,1-2H3. The van der Waals surface area contributed by atoms with Gasteiger partial charge in [-0.25, -0.2) is 4.39 Å². The molecule has 0 aromatic heterocycles. The summed E-state index contributed by atoms with van der Waals surface area (Å²) < 4.78 is 24.6. The molecule has 1 aromatic rings. The van der Waals surface area contributed by atoms with E-state index in [2.05, 4.69) is 0 Å². The van der Waals surface area contributed by atoms with Crippen molar-refractivity contribution in [2.75, 3.05) is 6.61 Å². The van der Waals surface area contributed by atoms with E-state index in [-0.39, 0.29) is 23.6 Å². The molecule has 0 bridgehead atoms. The zero-order valence-corrected chi connectivity index (χ0v) is 10.6. The fraction of sp³-hybridized carbons (Fsp3) is 0.500. The Kier molecular flexibility index (Phi) is 3.97. The SMILES string of the molecule is CC(=O)c1ccc(OCC2CCC(C)O2)cc1F. The van der Waals surface area contributed by atoms with E-state index in [1.54, 1.807) is 6.07 Å². The number of halogens is 1. The fourth-order valence-electron chi connectivity index (χ4n) is 2.07. The van der Waals surface area contributed by atoms with Gasteiger partial charge in [-0.15, -0.1) is 0 Å². The lowest BCUT2D eigenvalue weighted by Crippen LogP contribution is -2.18. The van der Waals surface area contributed by atoms with Gasteiger partial charge in [0.2, 0.25) is 0 Å². The number of Topliss-reactive ketones (excluding diaryl/α,β-unsaturated/α-hetero) is 1. The summed E-state index contributed by atoms with van der Waals surface area (Å²) in [6.45, 7) is 3.79.